The quantitative estimate of drug-likeness (QED) is 0.676. The van der Waals surface area contributed by atoms with Crippen molar-refractivity contribution in [2.24, 2.45) is 0 Å². The molecule has 0 spiro atoms. The molecular formula is C13H11F3N2S. The zero-order chi connectivity index (χ0) is 14.0. The normalized spacial score (nSPS) is 10.7. The van der Waals surface area contributed by atoms with E-state index in [1.54, 1.807) is 0 Å². The van der Waals surface area contributed by atoms with E-state index >= 15 is 0 Å². The number of benzene rings is 1. The second kappa shape index (κ2) is 5.52. The van der Waals surface area contributed by atoms with Gasteiger partial charge < -0.3 is 4.98 Å². The average Bonchev–Trinajstić information content (AvgIpc) is 2.39. The maximum Gasteiger partial charge on any atom is 0.195 e. The summed E-state index contributed by atoms with van der Waals surface area (Å²) in [6, 6.07) is 2.08. The zero-order valence-corrected chi connectivity index (χ0v) is 11.0. The highest BCUT2D eigenvalue weighted by atomic mass is 32.1. The zero-order valence-electron chi connectivity index (χ0n) is 10.1. The predicted octanol–water partition coefficient (Wildman–Crippen LogP) is 4.18. The van der Waals surface area contributed by atoms with Crippen LogP contribution in [0.3, 0.4) is 0 Å². The molecule has 0 aliphatic heterocycles. The number of nitrogens with zero attached hydrogens (tertiary/aromatic N) is 1. The second-order valence-corrected chi connectivity index (χ2v) is 4.42. The molecule has 6 heteroatoms. The first-order valence-electron chi connectivity index (χ1n) is 5.76. The number of rotatable bonds is 3. The summed E-state index contributed by atoms with van der Waals surface area (Å²) in [6.07, 6.45) is 2.68. The van der Waals surface area contributed by atoms with E-state index in [9.17, 15) is 13.2 Å². The summed E-state index contributed by atoms with van der Waals surface area (Å²) < 4.78 is 40.4. The van der Waals surface area contributed by atoms with Gasteiger partial charge in [0.2, 0.25) is 0 Å². The van der Waals surface area contributed by atoms with Gasteiger partial charge in [0.1, 0.15) is 4.64 Å². The molecule has 1 aromatic heterocycles. The third-order valence-electron chi connectivity index (χ3n) is 2.76. The Balaban J connectivity index is 2.69. The van der Waals surface area contributed by atoms with Crippen molar-refractivity contribution in [2.75, 3.05) is 0 Å². The average molecular weight is 284 g/mol. The first-order valence-corrected chi connectivity index (χ1v) is 6.17. The SMILES string of the molecule is CCCc1c(-c2ccc(F)c(F)c2F)[nH]cnc1=S. The molecule has 0 aliphatic rings. The van der Waals surface area contributed by atoms with Crippen molar-refractivity contribution in [1.82, 2.24) is 9.97 Å². The lowest BCUT2D eigenvalue weighted by Crippen LogP contribution is -2.01. The molecule has 0 aliphatic carbocycles. The molecule has 100 valence electrons. The van der Waals surface area contributed by atoms with Crippen LogP contribution in [0.15, 0.2) is 18.5 Å². The van der Waals surface area contributed by atoms with Crippen molar-refractivity contribution in [1.29, 1.82) is 0 Å². The standard InChI is InChI=1S/C13H11F3N2S/c1-2-3-8-12(17-6-18-13(8)19)7-4-5-9(14)11(16)10(7)15/h4-6H,2-3H2,1H3,(H,17,18,19). The molecule has 2 nitrogen and oxygen atoms in total. The number of nitrogens with one attached hydrogen (secondary N) is 1. The molecule has 0 saturated carbocycles. The van der Waals surface area contributed by atoms with Gasteiger partial charge in [-0.05, 0) is 18.6 Å². The van der Waals surface area contributed by atoms with Crippen LogP contribution in [0.1, 0.15) is 18.9 Å². The summed E-state index contributed by atoms with van der Waals surface area (Å²) >= 11 is 5.09. The lowest BCUT2D eigenvalue weighted by molar-refractivity contribution is 0.448. The van der Waals surface area contributed by atoms with Gasteiger partial charge in [-0.15, -0.1) is 0 Å². The minimum absolute atomic E-state index is 0.0455. The van der Waals surface area contributed by atoms with Crippen LogP contribution in [0.2, 0.25) is 0 Å². The molecule has 1 heterocycles. The van der Waals surface area contributed by atoms with Crippen LogP contribution in [0.5, 0.6) is 0 Å². The van der Waals surface area contributed by atoms with Crippen molar-refractivity contribution in [3.05, 3.63) is 46.1 Å². The number of aromatic nitrogens is 2. The van der Waals surface area contributed by atoms with Crippen LogP contribution >= 0.6 is 12.2 Å². The third kappa shape index (κ3) is 2.53. The topological polar surface area (TPSA) is 28.7 Å². The highest BCUT2D eigenvalue weighted by Gasteiger charge is 2.17. The molecule has 0 fully saturated rings. The van der Waals surface area contributed by atoms with Gasteiger partial charge in [0, 0.05) is 11.1 Å². The molecule has 2 aromatic rings. The van der Waals surface area contributed by atoms with Crippen molar-refractivity contribution in [3.63, 3.8) is 0 Å². The van der Waals surface area contributed by atoms with Gasteiger partial charge in [-0.2, -0.15) is 0 Å². The molecule has 0 unspecified atom stereocenters. The van der Waals surface area contributed by atoms with E-state index in [-0.39, 0.29) is 5.56 Å². The monoisotopic (exact) mass is 284 g/mol. The molecule has 0 saturated heterocycles. The van der Waals surface area contributed by atoms with E-state index in [1.807, 2.05) is 6.92 Å². The summed E-state index contributed by atoms with van der Waals surface area (Å²) in [4.78, 5) is 6.68. The van der Waals surface area contributed by atoms with E-state index in [0.717, 1.165) is 12.5 Å². The minimum atomic E-state index is -1.49. The van der Waals surface area contributed by atoms with Crippen LogP contribution in [0.4, 0.5) is 13.2 Å². The third-order valence-corrected chi connectivity index (χ3v) is 3.11. The van der Waals surface area contributed by atoms with Crippen molar-refractivity contribution in [3.8, 4) is 11.3 Å². The Morgan fingerprint density at radius 3 is 2.63 bits per heavy atom. The van der Waals surface area contributed by atoms with Crippen LogP contribution in [0, 0.1) is 22.1 Å². The van der Waals surface area contributed by atoms with Gasteiger partial charge in [-0.3, -0.25) is 0 Å². The fourth-order valence-corrected chi connectivity index (χ4v) is 2.13. The van der Waals surface area contributed by atoms with Gasteiger partial charge in [-0.25, -0.2) is 18.2 Å². The van der Waals surface area contributed by atoms with Crippen molar-refractivity contribution >= 4 is 12.2 Å². The number of hydrogen-bond donors (Lipinski definition) is 1. The number of aromatic amines is 1. The lowest BCUT2D eigenvalue weighted by atomic mass is 10.0. The van der Waals surface area contributed by atoms with Gasteiger partial charge in [0.25, 0.3) is 0 Å². The maximum absolute atomic E-state index is 13.8. The molecular weight excluding hydrogens is 273 g/mol. The van der Waals surface area contributed by atoms with E-state index in [2.05, 4.69) is 9.97 Å². The molecule has 0 atom stereocenters. The lowest BCUT2D eigenvalue weighted by Gasteiger charge is -2.10. The minimum Gasteiger partial charge on any atom is -0.345 e. The fourth-order valence-electron chi connectivity index (χ4n) is 1.87. The van der Waals surface area contributed by atoms with Gasteiger partial charge in [0.05, 0.1) is 12.0 Å². The number of H-pyrrole nitrogens is 1. The van der Waals surface area contributed by atoms with Crippen molar-refractivity contribution < 1.29 is 13.2 Å². The molecule has 19 heavy (non-hydrogen) atoms. The largest absolute Gasteiger partial charge is 0.345 e. The van der Waals surface area contributed by atoms with Crippen molar-refractivity contribution in [2.45, 2.75) is 19.8 Å². The summed E-state index contributed by atoms with van der Waals surface area (Å²) in [7, 11) is 0. The molecule has 1 aromatic carbocycles. The molecule has 1 N–H and O–H groups in total. The Kier molecular flexibility index (Phi) is 3.99. The Bertz CT molecular complexity index is 667. The maximum atomic E-state index is 13.8. The Labute approximate surface area is 113 Å². The molecule has 2 rings (SSSR count). The van der Waals surface area contributed by atoms with Gasteiger partial charge >= 0.3 is 0 Å². The van der Waals surface area contributed by atoms with Gasteiger partial charge in [-0.1, -0.05) is 25.6 Å². The Hall–Kier alpha value is -1.69. The summed E-state index contributed by atoms with van der Waals surface area (Å²) in [5, 5.41) is 0. The highest BCUT2D eigenvalue weighted by Crippen LogP contribution is 2.27. The van der Waals surface area contributed by atoms with Crippen LogP contribution in [-0.4, -0.2) is 9.97 Å². The summed E-state index contributed by atoms with van der Waals surface area (Å²) in [6.45, 7) is 1.94. The predicted molar refractivity (Wildman–Crippen MR) is 68.7 cm³/mol. The van der Waals surface area contributed by atoms with E-state index in [1.165, 1.54) is 12.4 Å². The van der Waals surface area contributed by atoms with E-state index in [4.69, 9.17) is 12.2 Å². The molecule has 0 radical (unpaired) electrons. The fraction of sp³-hybridized carbons (Fsp3) is 0.231. The summed E-state index contributed by atoms with van der Waals surface area (Å²) in [5.74, 6) is -3.93. The van der Waals surface area contributed by atoms with E-state index in [0.29, 0.717) is 22.3 Å². The van der Waals surface area contributed by atoms with Crippen LogP contribution < -0.4 is 0 Å². The summed E-state index contributed by atoms with van der Waals surface area (Å²) in [5.41, 5.74) is 0.930. The van der Waals surface area contributed by atoms with Gasteiger partial charge in [0.15, 0.2) is 17.5 Å². The van der Waals surface area contributed by atoms with Crippen LogP contribution in [0.25, 0.3) is 11.3 Å². The highest BCUT2D eigenvalue weighted by molar-refractivity contribution is 7.71. The Morgan fingerprint density at radius 2 is 1.95 bits per heavy atom. The number of halogens is 3. The van der Waals surface area contributed by atoms with Crippen LogP contribution in [-0.2, 0) is 6.42 Å². The smallest absolute Gasteiger partial charge is 0.195 e. The Morgan fingerprint density at radius 1 is 1.21 bits per heavy atom. The molecule has 0 bridgehead atoms. The first kappa shape index (κ1) is 13.7. The van der Waals surface area contributed by atoms with E-state index < -0.39 is 17.5 Å². The molecule has 0 amide bonds. The second-order valence-electron chi connectivity index (χ2n) is 4.03. The first-order chi connectivity index (χ1) is 9.06. The number of hydrogen-bond acceptors (Lipinski definition) is 2.